The predicted octanol–water partition coefficient (Wildman–Crippen LogP) is 3.54. The predicted molar refractivity (Wildman–Crippen MR) is 112 cm³/mol. The maximum Gasteiger partial charge on any atom is 0.254 e. The van der Waals surface area contributed by atoms with Crippen molar-refractivity contribution in [2.75, 3.05) is 40.4 Å². The number of piperazine rings is 1. The fraction of sp³-hybridized carbons (Fsp3) is 0.333. The number of methoxy groups -OCH3 is 2. The zero-order valence-corrected chi connectivity index (χ0v) is 17.8. The molecule has 0 saturated carbocycles. The second kappa shape index (κ2) is 9.37. The van der Waals surface area contributed by atoms with E-state index >= 15 is 0 Å². The molecule has 0 unspecified atom stereocenters. The molecule has 1 aliphatic rings. The zero-order valence-electron chi connectivity index (χ0n) is 16.3. The number of amides is 2. The molecule has 1 aliphatic heterocycles. The van der Waals surface area contributed by atoms with Gasteiger partial charge in [-0.05, 0) is 29.8 Å². The Morgan fingerprint density at radius 3 is 2.14 bits per heavy atom. The van der Waals surface area contributed by atoms with E-state index in [0.29, 0.717) is 43.9 Å². The number of benzene rings is 2. The van der Waals surface area contributed by atoms with Crippen molar-refractivity contribution in [3.8, 4) is 11.5 Å². The molecule has 1 heterocycles. The first kappa shape index (κ1) is 21.3. The minimum Gasteiger partial charge on any atom is -0.497 e. The van der Waals surface area contributed by atoms with Gasteiger partial charge in [0.1, 0.15) is 5.75 Å². The fourth-order valence-electron chi connectivity index (χ4n) is 3.29. The Balaban J connectivity index is 1.59. The highest BCUT2D eigenvalue weighted by atomic mass is 35.5. The Morgan fingerprint density at radius 1 is 0.931 bits per heavy atom. The molecule has 6 nitrogen and oxygen atoms in total. The molecule has 2 aromatic rings. The number of halogens is 2. The minimum atomic E-state index is -0.170. The summed E-state index contributed by atoms with van der Waals surface area (Å²) in [6.07, 6.45) is 0.300. The Hall–Kier alpha value is -2.44. The first-order chi connectivity index (χ1) is 13.9. The summed E-state index contributed by atoms with van der Waals surface area (Å²) >= 11 is 12.3. The second-order valence-corrected chi connectivity index (χ2v) is 7.49. The molecular weight excluding hydrogens is 415 g/mol. The molecule has 154 valence electrons. The smallest absolute Gasteiger partial charge is 0.254 e. The summed E-state index contributed by atoms with van der Waals surface area (Å²) in [4.78, 5) is 28.9. The number of hydrogen-bond acceptors (Lipinski definition) is 4. The van der Waals surface area contributed by atoms with Crippen LogP contribution in [0, 0.1) is 0 Å². The van der Waals surface area contributed by atoms with Gasteiger partial charge < -0.3 is 19.3 Å². The molecule has 0 atom stereocenters. The van der Waals surface area contributed by atoms with E-state index in [-0.39, 0.29) is 21.9 Å². The van der Waals surface area contributed by atoms with Crippen LogP contribution in [0.2, 0.25) is 10.0 Å². The lowest BCUT2D eigenvalue weighted by atomic mass is 10.1. The van der Waals surface area contributed by atoms with Gasteiger partial charge in [-0.3, -0.25) is 9.59 Å². The summed E-state index contributed by atoms with van der Waals surface area (Å²) in [5, 5.41) is 0.575. The second-order valence-electron chi connectivity index (χ2n) is 6.67. The quantitative estimate of drug-likeness (QED) is 0.718. The Morgan fingerprint density at radius 2 is 1.55 bits per heavy atom. The molecule has 1 fully saturated rings. The highest BCUT2D eigenvalue weighted by Crippen LogP contribution is 2.34. The SMILES string of the molecule is COc1cccc(CC(=O)N2CCN(C(=O)c3cc(Cl)c(OC)c(Cl)c3)CC2)c1. The number of carbonyl (C=O) groups excluding carboxylic acids is 2. The summed E-state index contributed by atoms with van der Waals surface area (Å²) < 4.78 is 10.3. The van der Waals surface area contributed by atoms with Crippen molar-refractivity contribution in [2.45, 2.75) is 6.42 Å². The number of ether oxygens (including phenoxy) is 2. The Bertz CT molecular complexity index is 888. The summed E-state index contributed by atoms with van der Waals surface area (Å²) in [6, 6.07) is 10.6. The third-order valence-electron chi connectivity index (χ3n) is 4.86. The van der Waals surface area contributed by atoms with Gasteiger partial charge in [0.2, 0.25) is 5.91 Å². The van der Waals surface area contributed by atoms with E-state index in [0.717, 1.165) is 11.3 Å². The van der Waals surface area contributed by atoms with Crippen LogP contribution in [0.1, 0.15) is 15.9 Å². The third kappa shape index (κ3) is 4.95. The molecule has 0 radical (unpaired) electrons. The maximum absolute atomic E-state index is 12.8. The molecule has 0 bridgehead atoms. The average Bonchev–Trinajstić information content (AvgIpc) is 2.73. The maximum atomic E-state index is 12.8. The van der Waals surface area contributed by atoms with Crippen LogP contribution in [-0.4, -0.2) is 62.0 Å². The molecule has 2 aromatic carbocycles. The van der Waals surface area contributed by atoms with Gasteiger partial charge in [-0.1, -0.05) is 35.3 Å². The fourth-order valence-corrected chi connectivity index (χ4v) is 3.93. The van der Waals surface area contributed by atoms with Crippen molar-refractivity contribution in [3.05, 3.63) is 57.6 Å². The van der Waals surface area contributed by atoms with Gasteiger partial charge in [0.25, 0.3) is 5.91 Å². The van der Waals surface area contributed by atoms with Gasteiger partial charge in [0.15, 0.2) is 5.75 Å². The standard InChI is InChI=1S/C21H22Cl2N2O4/c1-28-16-5-3-4-14(10-16)11-19(26)24-6-8-25(9-7-24)21(27)15-12-17(22)20(29-2)18(23)13-15/h3-5,10,12-13H,6-9,11H2,1-2H3. The van der Waals surface area contributed by atoms with Crippen LogP contribution in [0.3, 0.4) is 0 Å². The number of rotatable bonds is 5. The summed E-state index contributed by atoms with van der Waals surface area (Å²) in [7, 11) is 3.07. The molecule has 0 N–H and O–H groups in total. The van der Waals surface area contributed by atoms with Crippen molar-refractivity contribution < 1.29 is 19.1 Å². The molecule has 0 aliphatic carbocycles. The van der Waals surface area contributed by atoms with Crippen LogP contribution in [0.25, 0.3) is 0 Å². The number of nitrogens with zero attached hydrogens (tertiary/aromatic N) is 2. The van der Waals surface area contributed by atoms with Gasteiger partial charge in [-0.2, -0.15) is 0 Å². The average molecular weight is 437 g/mol. The van der Waals surface area contributed by atoms with E-state index in [1.165, 1.54) is 7.11 Å². The van der Waals surface area contributed by atoms with Crippen LogP contribution in [0.4, 0.5) is 0 Å². The van der Waals surface area contributed by atoms with Crippen molar-refractivity contribution in [2.24, 2.45) is 0 Å². The largest absolute Gasteiger partial charge is 0.497 e. The van der Waals surface area contributed by atoms with E-state index in [9.17, 15) is 9.59 Å². The van der Waals surface area contributed by atoms with Crippen molar-refractivity contribution >= 4 is 35.0 Å². The first-order valence-corrected chi connectivity index (χ1v) is 9.91. The Labute approximate surface area is 179 Å². The molecule has 0 aromatic heterocycles. The van der Waals surface area contributed by atoms with E-state index in [4.69, 9.17) is 32.7 Å². The van der Waals surface area contributed by atoms with E-state index in [2.05, 4.69) is 0 Å². The minimum absolute atomic E-state index is 0.0286. The first-order valence-electron chi connectivity index (χ1n) is 9.16. The molecule has 1 saturated heterocycles. The van der Waals surface area contributed by atoms with Gasteiger partial charge in [0.05, 0.1) is 30.7 Å². The van der Waals surface area contributed by atoms with E-state index in [1.807, 2.05) is 24.3 Å². The monoisotopic (exact) mass is 436 g/mol. The highest BCUT2D eigenvalue weighted by molar-refractivity contribution is 6.37. The highest BCUT2D eigenvalue weighted by Gasteiger charge is 2.26. The van der Waals surface area contributed by atoms with Crippen LogP contribution >= 0.6 is 23.2 Å². The van der Waals surface area contributed by atoms with E-state index in [1.54, 1.807) is 29.0 Å². The molecule has 0 spiro atoms. The zero-order chi connectivity index (χ0) is 21.0. The van der Waals surface area contributed by atoms with Gasteiger partial charge in [0, 0.05) is 31.7 Å². The van der Waals surface area contributed by atoms with Crippen molar-refractivity contribution in [1.82, 2.24) is 9.80 Å². The van der Waals surface area contributed by atoms with Crippen molar-refractivity contribution in [3.63, 3.8) is 0 Å². The van der Waals surface area contributed by atoms with Gasteiger partial charge in [-0.25, -0.2) is 0 Å². The number of hydrogen-bond donors (Lipinski definition) is 0. The normalized spacial score (nSPS) is 13.9. The van der Waals surface area contributed by atoms with Crippen molar-refractivity contribution in [1.29, 1.82) is 0 Å². The number of carbonyl (C=O) groups is 2. The summed E-state index contributed by atoms with van der Waals surface area (Å²) in [5.74, 6) is 0.928. The topological polar surface area (TPSA) is 59.1 Å². The lowest BCUT2D eigenvalue weighted by Gasteiger charge is -2.35. The summed E-state index contributed by atoms with van der Waals surface area (Å²) in [5.41, 5.74) is 1.30. The van der Waals surface area contributed by atoms with E-state index < -0.39 is 0 Å². The van der Waals surface area contributed by atoms with Gasteiger partial charge >= 0.3 is 0 Å². The Kier molecular flexibility index (Phi) is 6.87. The lowest BCUT2D eigenvalue weighted by Crippen LogP contribution is -2.51. The molecule has 29 heavy (non-hydrogen) atoms. The summed E-state index contributed by atoms with van der Waals surface area (Å²) in [6.45, 7) is 1.85. The molecule has 8 heteroatoms. The van der Waals surface area contributed by atoms with Crippen LogP contribution in [-0.2, 0) is 11.2 Å². The van der Waals surface area contributed by atoms with Crippen LogP contribution in [0.15, 0.2) is 36.4 Å². The van der Waals surface area contributed by atoms with Gasteiger partial charge in [-0.15, -0.1) is 0 Å². The molecule has 3 rings (SSSR count). The van der Waals surface area contributed by atoms with Crippen LogP contribution < -0.4 is 9.47 Å². The molecular formula is C21H22Cl2N2O4. The molecule has 2 amide bonds. The van der Waals surface area contributed by atoms with Crippen LogP contribution in [0.5, 0.6) is 11.5 Å². The third-order valence-corrected chi connectivity index (χ3v) is 5.42. The lowest BCUT2D eigenvalue weighted by molar-refractivity contribution is -0.131.